The van der Waals surface area contributed by atoms with E-state index in [1.165, 1.54) is 0 Å². The highest BCUT2D eigenvalue weighted by molar-refractivity contribution is 7.99. The Morgan fingerprint density at radius 3 is 2.70 bits per heavy atom. The molecule has 0 radical (unpaired) electrons. The van der Waals surface area contributed by atoms with Crippen LogP contribution in [0.1, 0.15) is 31.4 Å². The predicted molar refractivity (Wildman–Crippen MR) is 86.5 cm³/mol. The number of hydrogen-bond acceptors (Lipinski definition) is 4. The first-order valence-electron chi connectivity index (χ1n) is 6.81. The number of rotatable bonds is 8. The number of nitrogens with one attached hydrogen (secondary N) is 1. The third-order valence-electron chi connectivity index (χ3n) is 3.16. The van der Waals surface area contributed by atoms with Gasteiger partial charge in [-0.15, -0.1) is 0 Å². The molecule has 1 aromatic carbocycles. The van der Waals surface area contributed by atoms with Crippen LogP contribution in [0.2, 0.25) is 0 Å². The van der Waals surface area contributed by atoms with Gasteiger partial charge in [-0.1, -0.05) is 19.1 Å². The fraction of sp³-hybridized carbons (Fsp3) is 0.571. The lowest BCUT2D eigenvalue weighted by Gasteiger charge is -2.16. The third kappa shape index (κ3) is 4.77. The Labute approximate surface area is 126 Å². The van der Waals surface area contributed by atoms with E-state index in [-0.39, 0.29) is 6.04 Å². The van der Waals surface area contributed by atoms with Crippen LogP contribution >= 0.6 is 11.8 Å². The summed E-state index contributed by atoms with van der Waals surface area (Å²) in [5, 5.41) is 0. The maximum absolute atomic E-state index is 12.4. The van der Waals surface area contributed by atoms with Crippen molar-refractivity contribution in [3.63, 3.8) is 0 Å². The van der Waals surface area contributed by atoms with E-state index < -0.39 is 10.0 Å². The van der Waals surface area contributed by atoms with Crippen molar-refractivity contribution in [2.75, 3.05) is 11.5 Å². The van der Waals surface area contributed by atoms with Crippen LogP contribution in [0.5, 0.6) is 0 Å². The number of nitrogens with two attached hydrogens (primary N) is 1. The average Bonchev–Trinajstić information content (AvgIpc) is 2.38. The second kappa shape index (κ2) is 8.02. The van der Waals surface area contributed by atoms with Crippen molar-refractivity contribution in [2.24, 2.45) is 5.73 Å². The van der Waals surface area contributed by atoms with Crippen molar-refractivity contribution in [1.82, 2.24) is 4.72 Å². The standard InChI is InChI=1S/C14H24N2O2S2/c1-4-19-9-8-11(2)16-20(17,18)14-7-5-6-13(10-15)12(14)3/h5-7,11,16H,4,8-10,15H2,1-3H3. The van der Waals surface area contributed by atoms with Crippen molar-refractivity contribution < 1.29 is 8.42 Å². The molecular weight excluding hydrogens is 292 g/mol. The number of hydrogen-bond donors (Lipinski definition) is 2. The van der Waals surface area contributed by atoms with E-state index in [1.54, 1.807) is 19.1 Å². The Balaban J connectivity index is 2.84. The summed E-state index contributed by atoms with van der Waals surface area (Å²) in [6.07, 6.45) is 0.827. The summed E-state index contributed by atoms with van der Waals surface area (Å²) in [7, 11) is -3.47. The molecule has 0 aliphatic carbocycles. The highest BCUT2D eigenvalue weighted by Crippen LogP contribution is 2.19. The molecule has 1 aromatic rings. The van der Waals surface area contributed by atoms with Gasteiger partial charge in [0.15, 0.2) is 0 Å². The number of thioether (sulfide) groups is 1. The lowest BCUT2D eigenvalue weighted by molar-refractivity contribution is 0.556. The van der Waals surface area contributed by atoms with Crippen LogP contribution in [0.4, 0.5) is 0 Å². The second-order valence-electron chi connectivity index (χ2n) is 4.75. The lowest BCUT2D eigenvalue weighted by Crippen LogP contribution is -2.33. The average molecular weight is 316 g/mol. The first-order valence-corrected chi connectivity index (χ1v) is 9.44. The van der Waals surface area contributed by atoms with Gasteiger partial charge in [0.2, 0.25) is 10.0 Å². The largest absolute Gasteiger partial charge is 0.326 e. The fourth-order valence-electron chi connectivity index (χ4n) is 1.96. The van der Waals surface area contributed by atoms with Gasteiger partial charge in [0.25, 0.3) is 0 Å². The summed E-state index contributed by atoms with van der Waals surface area (Å²) in [5.74, 6) is 2.01. The van der Waals surface area contributed by atoms with Gasteiger partial charge in [-0.2, -0.15) is 11.8 Å². The van der Waals surface area contributed by atoms with E-state index >= 15 is 0 Å². The molecule has 3 N–H and O–H groups in total. The summed E-state index contributed by atoms with van der Waals surface area (Å²) in [4.78, 5) is 0.329. The highest BCUT2D eigenvalue weighted by atomic mass is 32.2. The predicted octanol–water partition coefficient (Wildman–Crippen LogP) is 2.26. The molecule has 1 atom stereocenters. The number of benzene rings is 1. The molecule has 0 heterocycles. The van der Waals surface area contributed by atoms with Crippen molar-refractivity contribution in [1.29, 1.82) is 0 Å². The summed E-state index contributed by atoms with van der Waals surface area (Å²) in [5.41, 5.74) is 7.22. The van der Waals surface area contributed by atoms with Crippen LogP contribution < -0.4 is 10.5 Å². The zero-order valence-corrected chi connectivity index (χ0v) is 14.0. The zero-order valence-electron chi connectivity index (χ0n) is 12.3. The Hall–Kier alpha value is -0.560. The van der Waals surface area contributed by atoms with Crippen LogP contribution in [0, 0.1) is 6.92 Å². The molecule has 0 spiro atoms. The Kier molecular flexibility index (Phi) is 7.02. The Morgan fingerprint density at radius 1 is 1.40 bits per heavy atom. The van der Waals surface area contributed by atoms with Crippen molar-refractivity contribution in [2.45, 2.75) is 44.7 Å². The first-order chi connectivity index (χ1) is 9.42. The quantitative estimate of drug-likeness (QED) is 0.722. The maximum atomic E-state index is 12.4. The molecule has 1 rings (SSSR count). The minimum atomic E-state index is -3.47. The highest BCUT2D eigenvalue weighted by Gasteiger charge is 2.20. The molecule has 20 heavy (non-hydrogen) atoms. The molecular formula is C14H24N2O2S2. The lowest BCUT2D eigenvalue weighted by atomic mass is 10.1. The third-order valence-corrected chi connectivity index (χ3v) is 5.83. The molecule has 0 saturated carbocycles. The maximum Gasteiger partial charge on any atom is 0.241 e. The molecule has 0 aliphatic rings. The minimum absolute atomic E-state index is 0.0695. The first kappa shape index (κ1) is 17.5. The molecule has 0 amide bonds. The van der Waals surface area contributed by atoms with Gasteiger partial charge in [-0.05, 0) is 49.0 Å². The Bertz CT molecular complexity index is 530. The molecule has 1 unspecified atom stereocenters. The van der Waals surface area contributed by atoms with Gasteiger partial charge in [-0.25, -0.2) is 13.1 Å². The van der Waals surface area contributed by atoms with E-state index in [0.29, 0.717) is 11.4 Å². The van der Waals surface area contributed by atoms with E-state index in [4.69, 9.17) is 5.73 Å². The topological polar surface area (TPSA) is 72.2 Å². The van der Waals surface area contributed by atoms with Crippen molar-refractivity contribution in [3.05, 3.63) is 29.3 Å². The van der Waals surface area contributed by atoms with E-state index in [2.05, 4.69) is 11.6 Å². The van der Waals surface area contributed by atoms with Gasteiger partial charge in [-0.3, -0.25) is 0 Å². The Morgan fingerprint density at radius 2 is 2.10 bits per heavy atom. The van der Waals surface area contributed by atoms with Crippen LogP contribution in [0.25, 0.3) is 0 Å². The summed E-state index contributed by atoms with van der Waals surface area (Å²) >= 11 is 1.82. The van der Waals surface area contributed by atoms with Gasteiger partial charge in [0.05, 0.1) is 4.90 Å². The molecule has 4 nitrogen and oxygen atoms in total. The monoisotopic (exact) mass is 316 g/mol. The molecule has 0 bridgehead atoms. The molecule has 0 aromatic heterocycles. The summed E-state index contributed by atoms with van der Waals surface area (Å²) in [6.45, 7) is 6.14. The SMILES string of the molecule is CCSCCC(C)NS(=O)(=O)c1cccc(CN)c1C. The van der Waals surface area contributed by atoms with Gasteiger partial charge in [0, 0.05) is 12.6 Å². The van der Waals surface area contributed by atoms with Crippen LogP contribution in [-0.2, 0) is 16.6 Å². The van der Waals surface area contributed by atoms with Gasteiger partial charge >= 0.3 is 0 Å². The van der Waals surface area contributed by atoms with E-state index in [1.807, 2.05) is 24.8 Å². The molecule has 0 aliphatic heterocycles. The van der Waals surface area contributed by atoms with Crippen LogP contribution in [0.3, 0.4) is 0 Å². The van der Waals surface area contributed by atoms with E-state index in [0.717, 1.165) is 29.1 Å². The molecule has 0 fully saturated rings. The molecule has 114 valence electrons. The van der Waals surface area contributed by atoms with Gasteiger partial charge < -0.3 is 5.73 Å². The number of sulfonamides is 1. The molecule has 0 saturated heterocycles. The second-order valence-corrected chi connectivity index (χ2v) is 7.83. The summed E-state index contributed by atoms with van der Waals surface area (Å²) < 4.78 is 27.6. The summed E-state index contributed by atoms with van der Waals surface area (Å²) in [6, 6.07) is 5.15. The normalized spacial score (nSPS) is 13.4. The van der Waals surface area contributed by atoms with Crippen molar-refractivity contribution in [3.8, 4) is 0 Å². The fourth-order valence-corrected chi connectivity index (χ4v) is 4.34. The minimum Gasteiger partial charge on any atom is -0.326 e. The van der Waals surface area contributed by atoms with Crippen molar-refractivity contribution >= 4 is 21.8 Å². The van der Waals surface area contributed by atoms with E-state index in [9.17, 15) is 8.42 Å². The van der Waals surface area contributed by atoms with Crippen LogP contribution in [0.15, 0.2) is 23.1 Å². The van der Waals surface area contributed by atoms with Crippen LogP contribution in [-0.4, -0.2) is 26.0 Å². The van der Waals surface area contributed by atoms with Gasteiger partial charge in [0.1, 0.15) is 0 Å². The zero-order chi connectivity index (χ0) is 15.2. The smallest absolute Gasteiger partial charge is 0.241 e. The molecule has 6 heteroatoms.